The number of nitrogens with one attached hydrogen (secondary N) is 1. The second kappa shape index (κ2) is 14.4. The summed E-state index contributed by atoms with van der Waals surface area (Å²) in [6.45, 7) is 6.25. The van der Waals surface area contributed by atoms with E-state index in [2.05, 4.69) is 34.1 Å². The van der Waals surface area contributed by atoms with Gasteiger partial charge in [0.15, 0.2) is 0 Å². The van der Waals surface area contributed by atoms with E-state index in [1.165, 1.54) is 5.56 Å². The van der Waals surface area contributed by atoms with Gasteiger partial charge in [-0.15, -0.1) is 0 Å². The maximum Gasteiger partial charge on any atom is 0.249 e. The molecule has 2 aliphatic heterocycles. The smallest absolute Gasteiger partial charge is 0.249 e. The summed E-state index contributed by atoms with van der Waals surface area (Å²) in [6, 6.07) is 16.2. The summed E-state index contributed by atoms with van der Waals surface area (Å²) in [4.78, 5) is 22.5. The predicted molar refractivity (Wildman–Crippen MR) is 161 cm³/mol. The van der Waals surface area contributed by atoms with E-state index in [9.17, 15) is 15.1 Å². The van der Waals surface area contributed by atoms with Crippen LogP contribution < -0.4 is 10.2 Å². The van der Waals surface area contributed by atoms with Crippen molar-refractivity contribution in [2.24, 2.45) is 5.41 Å². The summed E-state index contributed by atoms with van der Waals surface area (Å²) in [7, 11) is 1.63. The number of amides is 1. The van der Waals surface area contributed by atoms with E-state index in [4.69, 9.17) is 14.5 Å². The number of aliphatic hydroxyl groups excluding tert-OH is 1. The predicted octanol–water partition coefficient (Wildman–Crippen LogP) is 4.11. The number of hydroxylamine groups is 1. The zero-order chi connectivity index (χ0) is 29.4. The van der Waals surface area contributed by atoms with Crippen LogP contribution in [0.4, 0.5) is 0 Å². The van der Waals surface area contributed by atoms with Crippen LogP contribution in [0, 0.1) is 5.41 Å². The number of pyridine rings is 1. The lowest BCUT2D eigenvalue weighted by Crippen LogP contribution is -2.48. The van der Waals surface area contributed by atoms with Gasteiger partial charge < -0.3 is 19.5 Å². The molecule has 5 rings (SSSR count). The summed E-state index contributed by atoms with van der Waals surface area (Å²) in [5, 5.41) is 22.3. The topological polar surface area (TPSA) is 107 Å². The third kappa shape index (κ3) is 7.27. The van der Waals surface area contributed by atoms with E-state index in [-0.39, 0.29) is 5.91 Å². The first-order valence-corrected chi connectivity index (χ1v) is 15.2. The number of rotatable bonds is 12. The number of fused-ring (bicyclic) bond motifs is 1. The number of hydrogen-bond donors (Lipinski definition) is 3. The molecule has 1 aromatic heterocycles. The highest BCUT2D eigenvalue weighted by Gasteiger charge is 2.41. The number of benzene rings is 2. The lowest BCUT2D eigenvalue weighted by atomic mass is 9.73. The quantitative estimate of drug-likeness (QED) is 0.219. The zero-order valence-electron chi connectivity index (χ0n) is 24.6. The number of piperidine rings is 1. The Kier molecular flexibility index (Phi) is 10.4. The van der Waals surface area contributed by atoms with Gasteiger partial charge in [0.25, 0.3) is 0 Å². The van der Waals surface area contributed by atoms with E-state index in [1.807, 2.05) is 35.9 Å². The van der Waals surface area contributed by atoms with Gasteiger partial charge in [0, 0.05) is 31.2 Å². The van der Waals surface area contributed by atoms with Crippen LogP contribution in [0.3, 0.4) is 0 Å². The molecular weight excluding hydrogens is 532 g/mol. The second-order valence-corrected chi connectivity index (χ2v) is 11.7. The summed E-state index contributed by atoms with van der Waals surface area (Å²) in [5.41, 5.74) is 5.16. The third-order valence-corrected chi connectivity index (χ3v) is 9.11. The van der Waals surface area contributed by atoms with Crippen LogP contribution in [-0.2, 0) is 22.5 Å². The van der Waals surface area contributed by atoms with E-state index >= 15 is 0 Å². The van der Waals surface area contributed by atoms with Crippen LogP contribution in [0.25, 0.3) is 10.9 Å². The minimum atomic E-state index is -0.800. The number of ether oxygens (including phenoxy) is 2. The first-order chi connectivity index (χ1) is 20.5. The SMILES string of the molecule is COc1ccc2ncc(CN3CCOCC3)c([C@H](O)CCC3(C(=O)NO)CCN(CCCc4ccccc4)CC3)c2c1. The Morgan fingerprint density at radius 1 is 1.10 bits per heavy atom. The van der Waals surface area contributed by atoms with E-state index < -0.39 is 11.5 Å². The molecule has 2 fully saturated rings. The molecule has 42 heavy (non-hydrogen) atoms. The maximum absolute atomic E-state index is 13.1. The van der Waals surface area contributed by atoms with Gasteiger partial charge in [0.2, 0.25) is 5.91 Å². The van der Waals surface area contributed by atoms with E-state index in [1.54, 1.807) is 7.11 Å². The lowest BCUT2D eigenvalue weighted by Gasteiger charge is -2.40. The van der Waals surface area contributed by atoms with Gasteiger partial charge in [-0.05, 0) is 93.0 Å². The van der Waals surface area contributed by atoms with Gasteiger partial charge >= 0.3 is 0 Å². The van der Waals surface area contributed by atoms with Crippen molar-refractivity contribution in [1.29, 1.82) is 0 Å². The summed E-state index contributed by atoms with van der Waals surface area (Å²) < 4.78 is 11.0. The minimum absolute atomic E-state index is 0.353. The molecular formula is C33H44N4O5. The Morgan fingerprint density at radius 2 is 1.86 bits per heavy atom. The average molecular weight is 577 g/mol. The molecule has 0 radical (unpaired) electrons. The first-order valence-electron chi connectivity index (χ1n) is 15.2. The van der Waals surface area contributed by atoms with Crippen LogP contribution in [-0.4, -0.2) is 84.1 Å². The molecule has 0 spiro atoms. The molecule has 3 N–H and O–H groups in total. The molecule has 0 saturated carbocycles. The highest BCUT2D eigenvalue weighted by molar-refractivity contribution is 5.85. The number of aromatic nitrogens is 1. The van der Waals surface area contributed by atoms with Crippen LogP contribution in [0.2, 0.25) is 0 Å². The van der Waals surface area contributed by atoms with Crippen molar-refractivity contribution in [3.8, 4) is 5.75 Å². The normalized spacial score (nSPS) is 18.5. The molecule has 9 nitrogen and oxygen atoms in total. The monoisotopic (exact) mass is 576 g/mol. The number of methoxy groups -OCH3 is 1. The second-order valence-electron chi connectivity index (χ2n) is 11.7. The number of nitrogens with zero attached hydrogens (tertiary/aromatic N) is 3. The molecule has 3 aromatic rings. The van der Waals surface area contributed by atoms with Crippen molar-refractivity contribution in [2.75, 3.05) is 53.0 Å². The number of likely N-dealkylation sites (tertiary alicyclic amines) is 1. The van der Waals surface area contributed by atoms with Gasteiger partial charge in [-0.1, -0.05) is 30.3 Å². The fraction of sp³-hybridized carbons (Fsp3) is 0.515. The first kappa shape index (κ1) is 30.4. The number of carbonyl (C=O) groups is 1. The summed E-state index contributed by atoms with van der Waals surface area (Å²) >= 11 is 0. The zero-order valence-corrected chi connectivity index (χ0v) is 24.6. The van der Waals surface area contributed by atoms with Crippen LogP contribution in [0.1, 0.15) is 54.9 Å². The number of aliphatic hydroxyl groups is 1. The summed E-state index contributed by atoms with van der Waals surface area (Å²) in [5.74, 6) is 0.352. The highest BCUT2D eigenvalue weighted by atomic mass is 16.5. The fourth-order valence-electron chi connectivity index (χ4n) is 6.50. The van der Waals surface area contributed by atoms with Crippen molar-refractivity contribution in [1.82, 2.24) is 20.3 Å². The Morgan fingerprint density at radius 3 is 2.57 bits per heavy atom. The molecule has 0 bridgehead atoms. The third-order valence-electron chi connectivity index (χ3n) is 9.11. The molecule has 9 heteroatoms. The molecule has 2 aliphatic rings. The molecule has 0 unspecified atom stereocenters. The van der Waals surface area contributed by atoms with Gasteiger partial charge in [0.1, 0.15) is 5.75 Å². The Bertz CT molecular complexity index is 1310. The standard InChI is InChI=1S/C33H44N4O5/c1-41-27-9-10-29-28(22-27)31(26(23-34-29)24-37-18-20-42-21-19-37)30(38)11-12-33(32(39)35-40)13-16-36(17-14-33)15-5-8-25-6-3-2-4-7-25/h2-4,6-7,9-10,22-23,30,38,40H,5,8,11-21,24H2,1H3,(H,35,39)/t30-/m1/s1. The molecule has 3 heterocycles. The van der Waals surface area contributed by atoms with E-state index in [0.29, 0.717) is 51.2 Å². The van der Waals surface area contributed by atoms with E-state index in [0.717, 1.165) is 67.6 Å². The minimum Gasteiger partial charge on any atom is -0.497 e. The van der Waals surface area contributed by atoms with Crippen molar-refractivity contribution in [2.45, 2.75) is 51.2 Å². The molecule has 1 amide bonds. The van der Waals surface area contributed by atoms with Gasteiger partial charge in [-0.2, -0.15) is 0 Å². The number of carbonyl (C=O) groups excluding carboxylic acids is 1. The van der Waals surface area contributed by atoms with Crippen LogP contribution >= 0.6 is 0 Å². The Balaban J connectivity index is 1.29. The average Bonchev–Trinajstić information content (AvgIpc) is 3.04. The van der Waals surface area contributed by atoms with Gasteiger partial charge in [-0.25, -0.2) is 5.48 Å². The molecule has 1 atom stereocenters. The molecule has 0 aliphatic carbocycles. The number of aryl methyl sites for hydroxylation is 1. The number of morpholine rings is 1. The molecule has 2 saturated heterocycles. The molecule has 226 valence electrons. The fourth-order valence-corrected chi connectivity index (χ4v) is 6.50. The van der Waals surface area contributed by atoms with Crippen molar-refractivity contribution in [3.05, 3.63) is 71.4 Å². The Hall–Kier alpha value is -3.08. The van der Waals surface area contributed by atoms with Gasteiger partial charge in [-0.3, -0.25) is 19.9 Å². The van der Waals surface area contributed by atoms with Crippen molar-refractivity contribution < 1.29 is 24.6 Å². The molecule has 2 aromatic carbocycles. The summed E-state index contributed by atoms with van der Waals surface area (Å²) in [6.07, 6.45) is 5.32. The Labute approximate surface area is 248 Å². The maximum atomic E-state index is 13.1. The largest absolute Gasteiger partial charge is 0.497 e. The number of hydrogen-bond acceptors (Lipinski definition) is 8. The van der Waals surface area contributed by atoms with Crippen molar-refractivity contribution in [3.63, 3.8) is 0 Å². The van der Waals surface area contributed by atoms with Crippen molar-refractivity contribution >= 4 is 16.8 Å². The van der Waals surface area contributed by atoms with Gasteiger partial charge in [0.05, 0.1) is 37.4 Å². The van der Waals surface area contributed by atoms with Crippen LogP contribution in [0.15, 0.2) is 54.7 Å². The lowest BCUT2D eigenvalue weighted by molar-refractivity contribution is -0.143. The van der Waals surface area contributed by atoms with Crippen LogP contribution in [0.5, 0.6) is 5.75 Å². The highest BCUT2D eigenvalue weighted by Crippen LogP contribution is 2.40.